The zero-order valence-electron chi connectivity index (χ0n) is 10.6. The molecule has 5 heteroatoms. The van der Waals surface area contributed by atoms with Gasteiger partial charge in [0.05, 0.1) is 0 Å². The molecular formula is C12H21N5. The summed E-state index contributed by atoms with van der Waals surface area (Å²) in [6.07, 6.45) is 2.51. The van der Waals surface area contributed by atoms with E-state index in [9.17, 15) is 0 Å². The fourth-order valence-corrected chi connectivity index (χ4v) is 2.20. The molecule has 2 rings (SSSR count). The van der Waals surface area contributed by atoms with Gasteiger partial charge < -0.3 is 16.0 Å². The first-order valence-corrected chi connectivity index (χ1v) is 6.17. The Labute approximate surface area is 102 Å². The summed E-state index contributed by atoms with van der Waals surface area (Å²) in [7, 11) is 2.18. The Hall–Kier alpha value is -1.36. The Morgan fingerprint density at radius 1 is 1.41 bits per heavy atom. The summed E-state index contributed by atoms with van der Waals surface area (Å²) in [4.78, 5) is 10.6. The Kier molecular flexibility index (Phi) is 3.78. The highest BCUT2D eigenvalue weighted by molar-refractivity contribution is 5.40. The number of nitrogens with one attached hydrogen (secondary N) is 1. The average molecular weight is 235 g/mol. The maximum absolute atomic E-state index is 5.62. The molecule has 0 unspecified atom stereocenters. The van der Waals surface area contributed by atoms with Crippen LogP contribution in [0.15, 0.2) is 6.07 Å². The molecule has 0 radical (unpaired) electrons. The lowest BCUT2D eigenvalue weighted by Crippen LogP contribution is -2.33. The van der Waals surface area contributed by atoms with Crippen LogP contribution in [0.2, 0.25) is 0 Å². The summed E-state index contributed by atoms with van der Waals surface area (Å²) >= 11 is 0. The third-order valence-electron chi connectivity index (χ3n) is 3.28. The van der Waals surface area contributed by atoms with E-state index in [1.807, 2.05) is 13.0 Å². The molecule has 0 aliphatic carbocycles. The molecule has 3 N–H and O–H groups in total. The van der Waals surface area contributed by atoms with Gasteiger partial charge in [0.25, 0.3) is 0 Å². The quantitative estimate of drug-likeness (QED) is 0.822. The van der Waals surface area contributed by atoms with Crippen molar-refractivity contribution >= 4 is 11.8 Å². The summed E-state index contributed by atoms with van der Waals surface area (Å²) in [5.41, 5.74) is 6.52. The molecule has 0 bridgehead atoms. The Morgan fingerprint density at radius 3 is 2.76 bits per heavy atom. The van der Waals surface area contributed by atoms with E-state index in [1.165, 1.54) is 25.9 Å². The van der Waals surface area contributed by atoms with Gasteiger partial charge in [-0.25, -0.2) is 4.98 Å². The second-order valence-electron chi connectivity index (χ2n) is 4.88. The Balaban J connectivity index is 1.85. The van der Waals surface area contributed by atoms with Crippen LogP contribution in [0.4, 0.5) is 11.8 Å². The monoisotopic (exact) mass is 235 g/mol. The summed E-state index contributed by atoms with van der Waals surface area (Å²) < 4.78 is 0. The smallest absolute Gasteiger partial charge is 0.222 e. The number of hydrogen-bond donors (Lipinski definition) is 2. The first-order chi connectivity index (χ1) is 8.13. The maximum Gasteiger partial charge on any atom is 0.222 e. The SMILES string of the molecule is Cc1cc(NCC2CCN(C)CC2)nc(N)n1. The number of hydrogen-bond acceptors (Lipinski definition) is 5. The van der Waals surface area contributed by atoms with E-state index in [1.54, 1.807) is 0 Å². The van der Waals surface area contributed by atoms with Crippen molar-refractivity contribution in [3.05, 3.63) is 11.8 Å². The second-order valence-corrected chi connectivity index (χ2v) is 4.88. The van der Waals surface area contributed by atoms with Gasteiger partial charge in [-0.15, -0.1) is 0 Å². The van der Waals surface area contributed by atoms with Gasteiger partial charge in [0.1, 0.15) is 5.82 Å². The predicted octanol–water partition coefficient (Wildman–Crippen LogP) is 1.12. The molecule has 2 heterocycles. The fourth-order valence-electron chi connectivity index (χ4n) is 2.20. The normalized spacial score (nSPS) is 18.2. The lowest BCUT2D eigenvalue weighted by atomic mass is 9.97. The second kappa shape index (κ2) is 5.31. The van der Waals surface area contributed by atoms with Crippen LogP contribution in [-0.4, -0.2) is 41.5 Å². The molecule has 1 aliphatic rings. The van der Waals surface area contributed by atoms with Crippen LogP contribution in [0, 0.1) is 12.8 Å². The lowest BCUT2D eigenvalue weighted by molar-refractivity contribution is 0.226. The van der Waals surface area contributed by atoms with Crippen LogP contribution in [0.3, 0.4) is 0 Å². The van der Waals surface area contributed by atoms with E-state index in [2.05, 4.69) is 27.2 Å². The summed E-state index contributed by atoms with van der Waals surface area (Å²) in [5, 5.41) is 3.36. The van der Waals surface area contributed by atoms with E-state index < -0.39 is 0 Å². The minimum absolute atomic E-state index is 0.343. The molecule has 0 saturated carbocycles. The van der Waals surface area contributed by atoms with Gasteiger partial charge in [-0.1, -0.05) is 0 Å². The largest absolute Gasteiger partial charge is 0.370 e. The van der Waals surface area contributed by atoms with Gasteiger partial charge >= 0.3 is 0 Å². The number of nitrogens with zero attached hydrogens (tertiary/aromatic N) is 3. The lowest BCUT2D eigenvalue weighted by Gasteiger charge is -2.29. The first-order valence-electron chi connectivity index (χ1n) is 6.17. The van der Waals surface area contributed by atoms with Crippen molar-refractivity contribution in [2.24, 2.45) is 5.92 Å². The topological polar surface area (TPSA) is 67.1 Å². The molecule has 1 fully saturated rings. The summed E-state index contributed by atoms with van der Waals surface area (Å²) in [5.74, 6) is 1.92. The molecule has 1 aliphatic heterocycles. The number of nitrogens with two attached hydrogens (primary N) is 1. The van der Waals surface area contributed by atoms with Crippen LogP contribution < -0.4 is 11.1 Å². The third-order valence-corrected chi connectivity index (χ3v) is 3.28. The number of piperidine rings is 1. The van der Waals surface area contributed by atoms with Crippen LogP contribution in [0.1, 0.15) is 18.5 Å². The highest BCUT2D eigenvalue weighted by Gasteiger charge is 2.16. The van der Waals surface area contributed by atoms with Crippen molar-refractivity contribution in [2.45, 2.75) is 19.8 Å². The number of nitrogen functional groups attached to an aromatic ring is 1. The van der Waals surface area contributed by atoms with Gasteiger partial charge in [-0.3, -0.25) is 0 Å². The fraction of sp³-hybridized carbons (Fsp3) is 0.667. The van der Waals surface area contributed by atoms with Crippen molar-refractivity contribution < 1.29 is 0 Å². The number of anilines is 2. The standard InChI is InChI=1S/C12H21N5/c1-9-7-11(16-12(13)15-9)14-8-10-3-5-17(2)6-4-10/h7,10H,3-6,8H2,1-2H3,(H3,13,14,15,16). The van der Waals surface area contributed by atoms with E-state index in [-0.39, 0.29) is 0 Å². The predicted molar refractivity (Wildman–Crippen MR) is 69.9 cm³/mol. The third kappa shape index (κ3) is 3.56. The molecule has 1 aromatic heterocycles. The maximum atomic E-state index is 5.62. The number of aromatic nitrogens is 2. The molecule has 94 valence electrons. The molecule has 0 aromatic carbocycles. The summed E-state index contributed by atoms with van der Waals surface area (Å²) in [6.45, 7) is 5.29. The molecule has 0 atom stereocenters. The van der Waals surface area contributed by atoms with Gasteiger partial charge in [0.15, 0.2) is 0 Å². The van der Waals surface area contributed by atoms with Crippen molar-refractivity contribution in [1.82, 2.24) is 14.9 Å². The molecule has 0 spiro atoms. The zero-order valence-corrected chi connectivity index (χ0v) is 10.6. The highest BCUT2D eigenvalue weighted by Crippen LogP contribution is 2.17. The van der Waals surface area contributed by atoms with E-state index in [0.29, 0.717) is 5.95 Å². The van der Waals surface area contributed by atoms with Crippen molar-refractivity contribution in [1.29, 1.82) is 0 Å². The van der Waals surface area contributed by atoms with Gasteiger partial charge in [-0.2, -0.15) is 4.98 Å². The molecule has 1 saturated heterocycles. The van der Waals surface area contributed by atoms with Crippen molar-refractivity contribution in [3.63, 3.8) is 0 Å². The minimum Gasteiger partial charge on any atom is -0.370 e. The Morgan fingerprint density at radius 2 is 2.12 bits per heavy atom. The van der Waals surface area contributed by atoms with Gasteiger partial charge in [0.2, 0.25) is 5.95 Å². The Bertz CT molecular complexity index is 351. The molecule has 5 nitrogen and oxygen atoms in total. The highest BCUT2D eigenvalue weighted by atomic mass is 15.1. The number of likely N-dealkylation sites (tertiary alicyclic amines) is 1. The zero-order chi connectivity index (χ0) is 12.3. The van der Waals surface area contributed by atoms with Crippen molar-refractivity contribution in [3.8, 4) is 0 Å². The van der Waals surface area contributed by atoms with E-state index in [4.69, 9.17) is 5.73 Å². The summed E-state index contributed by atoms with van der Waals surface area (Å²) in [6, 6.07) is 1.94. The molecule has 17 heavy (non-hydrogen) atoms. The molecular weight excluding hydrogens is 214 g/mol. The van der Waals surface area contributed by atoms with Gasteiger partial charge in [-0.05, 0) is 45.8 Å². The van der Waals surface area contributed by atoms with Crippen molar-refractivity contribution in [2.75, 3.05) is 37.7 Å². The number of rotatable bonds is 3. The van der Waals surface area contributed by atoms with Crippen LogP contribution >= 0.6 is 0 Å². The number of aryl methyl sites for hydroxylation is 1. The molecule has 1 aromatic rings. The average Bonchev–Trinajstić information content (AvgIpc) is 2.27. The van der Waals surface area contributed by atoms with Crippen LogP contribution in [-0.2, 0) is 0 Å². The van der Waals surface area contributed by atoms with E-state index >= 15 is 0 Å². The molecule has 0 amide bonds. The van der Waals surface area contributed by atoms with Gasteiger partial charge in [0, 0.05) is 18.3 Å². The minimum atomic E-state index is 0.343. The van der Waals surface area contributed by atoms with E-state index in [0.717, 1.165) is 24.0 Å². The van der Waals surface area contributed by atoms with Crippen LogP contribution in [0.5, 0.6) is 0 Å². The first kappa shape index (κ1) is 12.1. The van der Waals surface area contributed by atoms with Crippen LogP contribution in [0.25, 0.3) is 0 Å².